The Bertz CT molecular complexity index is 297. The van der Waals surface area contributed by atoms with Crippen LogP contribution in [0.3, 0.4) is 0 Å². The van der Waals surface area contributed by atoms with Crippen molar-refractivity contribution in [3.63, 3.8) is 0 Å². The van der Waals surface area contributed by atoms with E-state index in [1.54, 1.807) is 14.0 Å². The van der Waals surface area contributed by atoms with Crippen LogP contribution in [0.1, 0.15) is 18.6 Å². The fourth-order valence-corrected chi connectivity index (χ4v) is 1.80. The molecule has 0 saturated heterocycles. The maximum atomic E-state index is 11.2. The van der Waals surface area contributed by atoms with E-state index in [4.69, 9.17) is 4.74 Å². The number of rotatable bonds is 4. The topological polar surface area (TPSA) is 26.3 Å². The Hall–Kier alpha value is -0.670. The van der Waals surface area contributed by atoms with Gasteiger partial charge >= 0.3 is 0 Å². The third-order valence-corrected chi connectivity index (χ3v) is 3.16. The van der Waals surface area contributed by atoms with Crippen LogP contribution >= 0.6 is 15.9 Å². The van der Waals surface area contributed by atoms with Gasteiger partial charge in [-0.1, -0.05) is 46.3 Å². The van der Waals surface area contributed by atoms with Crippen molar-refractivity contribution in [2.24, 2.45) is 0 Å². The minimum atomic E-state index is -0.283. The van der Waals surface area contributed by atoms with Crippen molar-refractivity contribution < 1.29 is 9.53 Å². The van der Waals surface area contributed by atoms with E-state index in [0.717, 1.165) is 5.56 Å². The lowest BCUT2D eigenvalue weighted by atomic mass is 10.0. The maximum Gasteiger partial charge on any atom is 0.146 e. The molecular formula is C11H13BrO2. The number of carbonyl (C=O) groups is 1. The standard InChI is InChI=1S/C11H13BrO2/c1-8(13)10(12)11(14-2)9-6-4-3-5-7-9/h3-7,10-11H,1-2H3. The molecule has 0 radical (unpaired) electrons. The fourth-order valence-electron chi connectivity index (χ4n) is 1.28. The minimum Gasteiger partial charge on any atom is -0.375 e. The molecule has 1 aromatic carbocycles. The molecule has 0 amide bonds. The summed E-state index contributed by atoms with van der Waals surface area (Å²) in [7, 11) is 1.61. The lowest BCUT2D eigenvalue weighted by Crippen LogP contribution is -2.21. The summed E-state index contributed by atoms with van der Waals surface area (Å²) in [5.74, 6) is 0.0701. The first kappa shape index (κ1) is 11.4. The van der Waals surface area contributed by atoms with Gasteiger partial charge in [0, 0.05) is 7.11 Å². The van der Waals surface area contributed by atoms with Gasteiger partial charge in [-0.2, -0.15) is 0 Å². The number of hydrogen-bond acceptors (Lipinski definition) is 2. The van der Waals surface area contributed by atoms with Crippen LogP contribution in [0.5, 0.6) is 0 Å². The number of halogens is 1. The van der Waals surface area contributed by atoms with Crippen molar-refractivity contribution in [3.8, 4) is 0 Å². The van der Waals surface area contributed by atoms with Crippen LogP contribution in [0.25, 0.3) is 0 Å². The Morgan fingerprint density at radius 2 is 1.93 bits per heavy atom. The van der Waals surface area contributed by atoms with Gasteiger partial charge in [-0.25, -0.2) is 0 Å². The molecule has 2 nitrogen and oxygen atoms in total. The molecule has 1 rings (SSSR count). The number of Topliss-reactive ketones (excluding diaryl/α,β-unsaturated/α-hetero) is 1. The predicted molar refractivity (Wildman–Crippen MR) is 59.6 cm³/mol. The molecule has 0 bridgehead atoms. The van der Waals surface area contributed by atoms with Crippen LogP contribution in [0, 0.1) is 0 Å². The van der Waals surface area contributed by atoms with E-state index in [-0.39, 0.29) is 16.7 Å². The van der Waals surface area contributed by atoms with Crippen molar-refractivity contribution in [2.75, 3.05) is 7.11 Å². The summed E-state index contributed by atoms with van der Waals surface area (Å²) in [4.78, 5) is 10.9. The van der Waals surface area contributed by atoms with Gasteiger partial charge in [0.2, 0.25) is 0 Å². The first-order valence-corrected chi connectivity index (χ1v) is 5.30. The Morgan fingerprint density at radius 1 is 1.36 bits per heavy atom. The van der Waals surface area contributed by atoms with Crippen molar-refractivity contribution in [1.29, 1.82) is 0 Å². The van der Waals surface area contributed by atoms with E-state index in [1.807, 2.05) is 30.3 Å². The van der Waals surface area contributed by atoms with E-state index in [9.17, 15) is 4.79 Å². The molecule has 0 aromatic heterocycles. The highest BCUT2D eigenvalue weighted by Gasteiger charge is 2.23. The molecule has 0 saturated carbocycles. The molecule has 2 atom stereocenters. The zero-order valence-corrected chi connectivity index (χ0v) is 9.82. The molecule has 0 aliphatic carbocycles. The Morgan fingerprint density at radius 3 is 2.36 bits per heavy atom. The summed E-state index contributed by atoms with van der Waals surface area (Å²) in [5.41, 5.74) is 1.01. The highest BCUT2D eigenvalue weighted by atomic mass is 79.9. The second-order valence-electron chi connectivity index (χ2n) is 3.08. The zero-order valence-electron chi connectivity index (χ0n) is 8.24. The van der Waals surface area contributed by atoms with Crippen LogP contribution in [0.2, 0.25) is 0 Å². The number of benzene rings is 1. The van der Waals surface area contributed by atoms with Gasteiger partial charge in [-0.3, -0.25) is 4.79 Å². The lowest BCUT2D eigenvalue weighted by Gasteiger charge is -2.19. The summed E-state index contributed by atoms with van der Waals surface area (Å²) in [6.07, 6.45) is -0.214. The number of ketones is 1. The summed E-state index contributed by atoms with van der Waals surface area (Å²) in [6.45, 7) is 1.55. The second kappa shape index (κ2) is 5.27. The minimum absolute atomic E-state index is 0.0701. The van der Waals surface area contributed by atoms with Gasteiger partial charge in [-0.05, 0) is 12.5 Å². The number of alkyl halides is 1. The number of ether oxygens (including phenoxy) is 1. The second-order valence-corrected chi connectivity index (χ2v) is 4.07. The van der Waals surface area contributed by atoms with Crippen LogP contribution in [-0.4, -0.2) is 17.7 Å². The van der Waals surface area contributed by atoms with E-state index < -0.39 is 0 Å². The Labute approximate surface area is 92.4 Å². The number of methoxy groups -OCH3 is 1. The quantitative estimate of drug-likeness (QED) is 0.775. The van der Waals surface area contributed by atoms with Crippen molar-refractivity contribution >= 4 is 21.7 Å². The van der Waals surface area contributed by atoms with Crippen LogP contribution in [0.4, 0.5) is 0 Å². The number of carbonyl (C=O) groups excluding carboxylic acids is 1. The SMILES string of the molecule is COC(c1ccccc1)C(Br)C(C)=O. The smallest absolute Gasteiger partial charge is 0.146 e. The molecule has 76 valence electrons. The monoisotopic (exact) mass is 256 g/mol. The summed E-state index contributed by atoms with van der Waals surface area (Å²) < 4.78 is 5.29. The lowest BCUT2D eigenvalue weighted by molar-refractivity contribution is -0.118. The van der Waals surface area contributed by atoms with Gasteiger partial charge < -0.3 is 4.74 Å². The molecule has 1 aromatic rings. The molecule has 0 heterocycles. The van der Waals surface area contributed by atoms with Crippen molar-refractivity contribution in [2.45, 2.75) is 17.9 Å². The molecule has 0 aliphatic rings. The normalized spacial score (nSPS) is 14.8. The zero-order chi connectivity index (χ0) is 10.6. The largest absolute Gasteiger partial charge is 0.375 e. The van der Waals surface area contributed by atoms with Gasteiger partial charge in [0.05, 0.1) is 0 Å². The van der Waals surface area contributed by atoms with E-state index in [1.165, 1.54) is 0 Å². The summed E-state index contributed by atoms with van der Waals surface area (Å²) in [5, 5.41) is 0. The Kier molecular flexibility index (Phi) is 4.29. The average Bonchev–Trinajstić information content (AvgIpc) is 2.20. The summed E-state index contributed by atoms with van der Waals surface area (Å²) >= 11 is 3.33. The first-order chi connectivity index (χ1) is 6.66. The Balaban J connectivity index is 2.87. The van der Waals surface area contributed by atoms with Gasteiger partial charge in [0.1, 0.15) is 16.7 Å². The highest BCUT2D eigenvalue weighted by Crippen LogP contribution is 2.26. The van der Waals surface area contributed by atoms with E-state index in [0.29, 0.717) is 0 Å². The van der Waals surface area contributed by atoms with Gasteiger partial charge in [0.15, 0.2) is 0 Å². The van der Waals surface area contributed by atoms with Crippen molar-refractivity contribution in [3.05, 3.63) is 35.9 Å². The third kappa shape index (κ3) is 2.66. The molecule has 3 heteroatoms. The van der Waals surface area contributed by atoms with Gasteiger partial charge in [0.25, 0.3) is 0 Å². The molecule has 14 heavy (non-hydrogen) atoms. The predicted octanol–water partition coefficient (Wildman–Crippen LogP) is 2.73. The van der Waals surface area contributed by atoms with E-state index >= 15 is 0 Å². The first-order valence-electron chi connectivity index (χ1n) is 4.39. The highest BCUT2D eigenvalue weighted by molar-refractivity contribution is 9.10. The molecule has 2 unspecified atom stereocenters. The molecular weight excluding hydrogens is 244 g/mol. The fraction of sp³-hybridized carbons (Fsp3) is 0.364. The third-order valence-electron chi connectivity index (χ3n) is 2.04. The summed E-state index contributed by atoms with van der Waals surface area (Å²) in [6, 6.07) is 9.70. The molecule has 0 fully saturated rings. The van der Waals surface area contributed by atoms with Gasteiger partial charge in [-0.15, -0.1) is 0 Å². The molecule has 0 spiro atoms. The molecule has 0 N–H and O–H groups in total. The molecule has 0 aliphatic heterocycles. The van der Waals surface area contributed by atoms with Crippen LogP contribution in [-0.2, 0) is 9.53 Å². The van der Waals surface area contributed by atoms with Crippen molar-refractivity contribution in [1.82, 2.24) is 0 Å². The average molecular weight is 257 g/mol. The van der Waals surface area contributed by atoms with Crippen LogP contribution < -0.4 is 0 Å². The van der Waals surface area contributed by atoms with E-state index in [2.05, 4.69) is 15.9 Å². The maximum absolute atomic E-state index is 11.2. The van der Waals surface area contributed by atoms with Crippen LogP contribution in [0.15, 0.2) is 30.3 Å². The number of hydrogen-bond donors (Lipinski definition) is 0.